The molecule has 0 radical (unpaired) electrons. The molecule has 2 aromatic carbocycles. The number of hydrogen-bond acceptors (Lipinski definition) is 4. The molecule has 178 valence electrons. The van der Waals surface area contributed by atoms with Gasteiger partial charge in [-0.1, -0.05) is 36.4 Å². The predicted molar refractivity (Wildman–Crippen MR) is 133 cm³/mol. The fourth-order valence-electron chi connectivity index (χ4n) is 4.23. The average Bonchev–Trinajstić information content (AvgIpc) is 2.88. The molecule has 4 rings (SSSR count). The smallest absolute Gasteiger partial charge is 0.286 e. The Balaban J connectivity index is 1.79. The fourth-order valence-corrected chi connectivity index (χ4v) is 4.23. The Hall–Kier alpha value is -2.90. The second kappa shape index (κ2) is 12.5. The van der Waals surface area contributed by atoms with E-state index in [0.717, 1.165) is 13.1 Å². The van der Waals surface area contributed by atoms with Gasteiger partial charge in [-0.3, -0.25) is 0 Å². The number of nitrogens with zero attached hydrogens (tertiary/aromatic N) is 2. The molecule has 6 nitrogen and oxygen atoms in total. The molecule has 0 atom stereocenters. The Morgan fingerprint density at radius 3 is 1.41 bits per heavy atom. The Morgan fingerprint density at radius 2 is 0.971 bits per heavy atom. The summed E-state index contributed by atoms with van der Waals surface area (Å²) in [5.41, 5.74) is 2.37. The number of aromatic nitrogens is 2. The minimum atomic E-state index is 0.590. The van der Waals surface area contributed by atoms with Crippen molar-refractivity contribution in [2.24, 2.45) is 0 Å². The average molecular weight is 463 g/mol. The first-order valence-electron chi connectivity index (χ1n) is 11.8. The van der Waals surface area contributed by atoms with Gasteiger partial charge in [0.05, 0.1) is 37.2 Å². The normalized spacial score (nSPS) is 11.5. The number of benzene rings is 2. The van der Waals surface area contributed by atoms with Crippen molar-refractivity contribution in [2.75, 3.05) is 53.9 Å². The molecule has 2 heterocycles. The molecule has 0 saturated heterocycles. The van der Waals surface area contributed by atoms with Crippen LogP contribution >= 0.6 is 0 Å². The summed E-state index contributed by atoms with van der Waals surface area (Å²) in [6, 6.07) is 21.5. The second-order valence-electron chi connectivity index (χ2n) is 8.10. The van der Waals surface area contributed by atoms with Gasteiger partial charge in [0, 0.05) is 26.4 Å². The zero-order valence-corrected chi connectivity index (χ0v) is 20.1. The van der Waals surface area contributed by atoms with Gasteiger partial charge in [-0.05, 0) is 22.9 Å². The molecule has 0 aliphatic carbocycles. The molecule has 0 aliphatic heterocycles. The van der Waals surface area contributed by atoms with Crippen LogP contribution in [0.15, 0.2) is 73.1 Å². The van der Waals surface area contributed by atoms with Crippen LogP contribution in [-0.4, -0.2) is 53.9 Å². The van der Waals surface area contributed by atoms with Crippen LogP contribution in [0.25, 0.3) is 32.9 Å². The van der Waals surface area contributed by atoms with Crippen molar-refractivity contribution < 1.29 is 28.1 Å². The molecule has 0 bridgehead atoms. The van der Waals surface area contributed by atoms with Gasteiger partial charge in [0.1, 0.15) is 13.2 Å². The first-order valence-corrected chi connectivity index (χ1v) is 11.8. The van der Waals surface area contributed by atoms with E-state index in [1.54, 1.807) is 14.2 Å². The number of methoxy groups -OCH3 is 2. The molecule has 0 fully saturated rings. The minimum Gasteiger partial charge on any atom is -0.382 e. The van der Waals surface area contributed by atoms with Gasteiger partial charge in [0.15, 0.2) is 25.5 Å². The SMILES string of the molecule is COCCOCC[n+]1ccc2ccccc2c1-c1c2ccccc2cc[n+]1CCOCCOC. The summed E-state index contributed by atoms with van der Waals surface area (Å²) in [6.07, 6.45) is 4.33. The van der Waals surface area contributed by atoms with Crippen molar-refractivity contribution >= 4 is 21.5 Å². The van der Waals surface area contributed by atoms with Crippen molar-refractivity contribution in [1.82, 2.24) is 0 Å². The Labute approximate surface area is 201 Å². The first-order chi connectivity index (χ1) is 16.8. The topological polar surface area (TPSA) is 44.7 Å². The van der Waals surface area contributed by atoms with Gasteiger partial charge >= 0.3 is 0 Å². The highest BCUT2D eigenvalue weighted by molar-refractivity contribution is 5.99. The lowest BCUT2D eigenvalue weighted by molar-refractivity contribution is -0.714. The summed E-state index contributed by atoms with van der Waals surface area (Å²) >= 11 is 0. The first kappa shape index (κ1) is 24.2. The van der Waals surface area contributed by atoms with Gasteiger partial charge < -0.3 is 18.9 Å². The van der Waals surface area contributed by atoms with Crippen LogP contribution in [0.3, 0.4) is 0 Å². The van der Waals surface area contributed by atoms with Crippen LogP contribution in [0.2, 0.25) is 0 Å². The van der Waals surface area contributed by atoms with Crippen LogP contribution in [0, 0.1) is 0 Å². The van der Waals surface area contributed by atoms with Gasteiger partial charge in [-0.15, -0.1) is 0 Å². The fraction of sp³-hybridized carbons (Fsp3) is 0.357. The van der Waals surface area contributed by atoms with E-state index in [1.165, 1.54) is 32.9 Å². The second-order valence-corrected chi connectivity index (χ2v) is 8.10. The molecule has 0 N–H and O–H groups in total. The number of hydrogen-bond donors (Lipinski definition) is 0. The highest BCUT2D eigenvalue weighted by atomic mass is 16.5. The molecule has 0 unspecified atom stereocenters. The molecular formula is C28H34N2O4+2. The van der Waals surface area contributed by atoms with Crippen molar-refractivity contribution in [1.29, 1.82) is 0 Å². The third-order valence-corrected chi connectivity index (χ3v) is 5.92. The lowest BCUT2D eigenvalue weighted by Gasteiger charge is -2.11. The highest BCUT2D eigenvalue weighted by Crippen LogP contribution is 2.29. The number of fused-ring (bicyclic) bond motifs is 2. The van der Waals surface area contributed by atoms with Crippen LogP contribution in [0.1, 0.15) is 0 Å². The van der Waals surface area contributed by atoms with E-state index >= 15 is 0 Å². The maximum absolute atomic E-state index is 5.82. The molecule has 4 aromatic rings. The van der Waals surface area contributed by atoms with Crippen molar-refractivity contribution in [3.63, 3.8) is 0 Å². The van der Waals surface area contributed by atoms with Crippen molar-refractivity contribution in [3.05, 3.63) is 73.1 Å². The van der Waals surface area contributed by atoms with Crippen molar-refractivity contribution in [3.8, 4) is 11.4 Å². The summed E-state index contributed by atoms with van der Waals surface area (Å²) in [4.78, 5) is 0. The molecular weight excluding hydrogens is 428 g/mol. The third-order valence-electron chi connectivity index (χ3n) is 5.92. The monoisotopic (exact) mass is 462 g/mol. The summed E-state index contributed by atoms with van der Waals surface area (Å²) in [6.45, 7) is 5.10. The molecule has 0 saturated carbocycles. The Kier molecular flexibility index (Phi) is 8.93. The number of ether oxygens (including phenoxy) is 4. The van der Waals surface area contributed by atoms with Gasteiger partial charge in [0.2, 0.25) is 0 Å². The van der Waals surface area contributed by atoms with E-state index in [0.29, 0.717) is 39.6 Å². The quantitative estimate of drug-likeness (QED) is 0.225. The largest absolute Gasteiger partial charge is 0.382 e. The molecule has 34 heavy (non-hydrogen) atoms. The Morgan fingerprint density at radius 1 is 0.529 bits per heavy atom. The lowest BCUT2D eigenvalue weighted by Crippen LogP contribution is -2.45. The van der Waals surface area contributed by atoms with E-state index in [4.69, 9.17) is 18.9 Å². The van der Waals surface area contributed by atoms with E-state index in [9.17, 15) is 0 Å². The minimum absolute atomic E-state index is 0.590. The van der Waals surface area contributed by atoms with Crippen LogP contribution < -0.4 is 9.13 Å². The van der Waals surface area contributed by atoms with E-state index in [1.807, 2.05) is 0 Å². The number of pyridine rings is 2. The maximum Gasteiger partial charge on any atom is 0.286 e. The van der Waals surface area contributed by atoms with E-state index in [2.05, 4.69) is 82.2 Å². The van der Waals surface area contributed by atoms with Crippen LogP contribution in [0.4, 0.5) is 0 Å². The lowest BCUT2D eigenvalue weighted by atomic mass is 10.0. The summed E-state index contributed by atoms with van der Waals surface area (Å²) in [5.74, 6) is 0. The zero-order chi connectivity index (χ0) is 23.6. The van der Waals surface area contributed by atoms with E-state index in [-0.39, 0.29) is 0 Å². The Bertz CT molecular complexity index is 1120. The number of rotatable bonds is 13. The summed E-state index contributed by atoms with van der Waals surface area (Å²) in [5, 5.41) is 4.86. The van der Waals surface area contributed by atoms with Gasteiger partial charge in [-0.25, -0.2) is 0 Å². The van der Waals surface area contributed by atoms with Gasteiger partial charge in [0.25, 0.3) is 11.4 Å². The zero-order valence-electron chi connectivity index (χ0n) is 20.1. The summed E-state index contributed by atoms with van der Waals surface area (Å²) in [7, 11) is 3.38. The highest BCUT2D eigenvalue weighted by Gasteiger charge is 2.29. The van der Waals surface area contributed by atoms with Crippen molar-refractivity contribution in [2.45, 2.75) is 13.1 Å². The molecule has 2 aromatic heterocycles. The third kappa shape index (κ3) is 5.77. The van der Waals surface area contributed by atoms with E-state index < -0.39 is 0 Å². The molecule has 0 spiro atoms. The van der Waals surface area contributed by atoms with Gasteiger partial charge in [-0.2, -0.15) is 9.13 Å². The molecule has 0 aliphatic rings. The maximum atomic E-state index is 5.82. The summed E-state index contributed by atoms with van der Waals surface area (Å²) < 4.78 is 26.5. The van der Waals surface area contributed by atoms with Crippen LogP contribution in [0.5, 0.6) is 0 Å². The molecule has 0 amide bonds. The standard InChI is InChI=1S/C28H34N2O4/c1-31-19-21-33-17-15-29-13-11-23-7-3-5-9-25(23)27(29)28-26-10-6-4-8-24(26)12-14-30(28)16-18-34-22-20-32-2/h3-14H,15-22H2,1-2H3/q+2. The molecule has 6 heteroatoms. The predicted octanol–water partition coefficient (Wildman–Crippen LogP) is 3.56. The van der Waals surface area contributed by atoms with Crippen LogP contribution in [-0.2, 0) is 32.0 Å².